The van der Waals surface area contributed by atoms with Crippen molar-refractivity contribution in [3.8, 4) is 0 Å². The number of hydrogen-bond acceptors (Lipinski definition) is 4. The summed E-state index contributed by atoms with van der Waals surface area (Å²) in [5.74, 6) is 1.66. The molecule has 1 saturated carbocycles. The fraction of sp³-hybridized carbons (Fsp3) is 0.867. The Kier molecular flexibility index (Phi) is 4.81. The summed E-state index contributed by atoms with van der Waals surface area (Å²) in [6.07, 6.45) is 6.27. The van der Waals surface area contributed by atoms with Crippen molar-refractivity contribution in [3.63, 3.8) is 0 Å². The predicted octanol–water partition coefficient (Wildman–Crippen LogP) is 1.71. The third-order valence-electron chi connectivity index (χ3n) is 5.02. The van der Waals surface area contributed by atoms with Crippen LogP contribution in [0, 0.1) is 5.92 Å². The van der Waals surface area contributed by atoms with Crippen LogP contribution in [0.3, 0.4) is 0 Å². The van der Waals surface area contributed by atoms with Crippen LogP contribution in [-0.4, -0.2) is 50.5 Å². The van der Waals surface area contributed by atoms with Crippen molar-refractivity contribution in [1.29, 1.82) is 0 Å². The van der Waals surface area contributed by atoms with E-state index in [4.69, 9.17) is 0 Å². The maximum absolute atomic E-state index is 10.9. The van der Waals surface area contributed by atoms with Crippen molar-refractivity contribution in [2.75, 3.05) is 14.1 Å². The number of aliphatic hydroxyl groups excluding tert-OH is 1. The monoisotopic (exact) mass is 280 g/mol. The van der Waals surface area contributed by atoms with Crippen molar-refractivity contribution in [2.24, 2.45) is 5.92 Å². The molecule has 20 heavy (non-hydrogen) atoms. The molecule has 114 valence electrons. The second-order valence-electron chi connectivity index (χ2n) is 6.39. The van der Waals surface area contributed by atoms with E-state index in [0.717, 1.165) is 31.1 Å². The SMILES string of the molecule is CCn1ncnc1CC(O)C1(N(C)C)CCC(C)CC1. The molecule has 0 aliphatic heterocycles. The molecule has 1 fully saturated rings. The topological polar surface area (TPSA) is 54.2 Å². The molecule has 0 spiro atoms. The van der Waals surface area contributed by atoms with Gasteiger partial charge in [-0.1, -0.05) is 6.92 Å². The van der Waals surface area contributed by atoms with E-state index in [1.54, 1.807) is 6.33 Å². The average Bonchev–Trinajstić information content (AvgIpc) is 2.86. The highest BCUT2D eigenvalue weighted by Crippen LogP contribution is 2.38. The van der Waals surface area contributed by atoms with E-state index in [1.807, 2.05) is 4.68 Å². The van der Waals surface area contributed by atoms with Crippen molar-refractivity contribution in [2.45, 2.75) is 64.1 Å². The molecule has 1 aliphatic carbocycles. The molecular weight excluding hydrogens is 252 g/mol. The van der Waals surface area contributed by atoms with E-state index in [0.29, 0.717) is 6.42 Å². The van der Waals surface area contributed by atoms with Crippen LogP contribution >= 0.6 is 0 Å². The van der Waals surface area contributed by atoms with E-state index in [-0.39, 0.29) is 11.6 Å². The first-order valence-corrected chi connectivity index (χ1v) is 7.71. The molecule has 5 nitrogen and oxygen atoms in total. The van der Waals surface area contributed by atoms with Gasteiger partial charge in [-0.2, -0.15) is 5.10 Å². The van der Waals surface area contributed by atoms with Crippen molar-refractivity contribution in [1.82, 2.24) is 19.7 Å². The lowest BCUT2D eigenvalue weighted by Gasteiger charge is -2.47. The van der Waals surface area contributed by atoms with Gasteiger partial charge in [-0.15, -0.1) is 0 Å². The molecule has 2 rings (SSSR count). The van der Waals surface area contributed by atoms with E-state index in [2.05, 4.69) is 42.9 Å². The predicted molar refractivity (Wildman–Crippen MR) is 79.5 cm³/mol. The van der Waals surface area contributed by atoms with Gasteiger partial charge in [0.2, 0.25) is 0 Å². The number of aryl methyl sites for hydroxylation is 1. The van der Waals surface area contributed by atoms with Gasteiger partial charge < -0.3 is 10.0 Å². The van der Waals surface area contributed by atoms with Crippen LogP contribution in [0.5, 0.6) is 0 Å². The molecule has 1 atom stereocenters. The average molecular weight is 280 g/mol. The minimum absolute atomic E-state index is 0.114. The van der Waals surface area contributed by atoms with Crippen LogP contribution in [0.4, 0.5) is 0 Å². The van der Waals surface area contributed by atoms with Crippen LogP contribution in [-0.2, 0) is 13.0 Å². The van der Waals surface area contributed by atoms with Gasteiger partial charge in [0.15, 0.2) is 0 Å². The molecule has 1 aromatic heterocycles. The molecule has 0 aromatic carbocycles. The Balaban J connectivity index is 2.13. The molecule has 5 heteroatoms. The van der Waals surface area contributed by atoms with Gasteiger partial charge in [-0.05, 0) is 52.6 Å². The second kappa shape index (κ2) is 6.22. The Morgan fingerprint density at radius 3 is 2.65 bits per heavy atom. The normalized spacial score (nSPS) is 28.8. The van der Waals surface area contributed by atoms with Crippen molar-refractivity contribution >= 4 is 0 Å². The molecule has 1 heterocycles. The Labute approximate surface area is 122 Å². The quantitative estimate of drug-likeness (QED) is 0.892. The molecule has 1 N–H and O–H groups in total. The highest BCUT2D eigenvalue weighted by molar-refractivity contribution is 5.02. The number of nitrogens with zero attached hydrogens (tertiary/aromatic N) is 4. The van der Waals surface area contributed by atoms with Gasteiger partial charge in [0.1, 0.15) is 12.2 Å². The van der Waals surface area contributed by atoms with Crippen LogP contribution in [0.1, 0.15) is 45.4 Å². The van der Waals surface area contributed by atoms with Gasteiger partial charge in [0.05, 0.1) is 6.10 Å². The third kappa shape index (κ3) is 2.88. The minimum Gasteiger partial charge on any atom is -0.391 e. The van der Waals surface area contributed by atoms with Crippen LogP contribution in [0.15, 0.2) is 6.33 Å². The molecule has 0 radical (unpaired) electrons. The summed E-state index contributed by atoms with van der Waals surface area (Å²) < 4.78 is 1.87. The zero-order valence-electron chi connectivity index (χ0n) is 13.2. The number of hydrogen-bond donors (Lipinski definition) is 1. The fourth-order valence-corrected chi connectivity index (χ4v) is 3.41. The zero-order chi connectivity index (χ0) is 14.8. The molecule has 0 amide bonds. The lowest BCUT2D eigenvalue weighted by atomic mass is 9.72. The van der Waals surface area contributed by atoms with E-state index in [9.17, 15) is 5.11 Å². The summed E-state index contributed by atoms with van der Waals surface area (Å²) in [5.41, 5.74) is -0.114. The van der Waals surface area contributed by atoms with Gasteiger partial charge in [-0.25, -0.2) is 4.98 Å². The van der Waals surface area contributed by atoms with Crippen LogP contribution in [0.2, 0.25) is 0 Å². The second-order valence-corrected chi connectivity index (χ2v) is 6.39. The Bertz CT molecular complexity index is 421. The molecule has 0 saturated heterocycles. The summed E-state index contributed by atoms with van der Waals surface area (Å²) in [7, 11) is 4.17. The number of aromatic nitrogens is 3. The van der Waals surface area contributed by atoms with Crippen LogP contribution < -0.4 is 0 Å². The summed E-state index contributed by atoms with van der Waals surface area (Å²) in [5, 5.41) is 15.0. The lowest BCUT2D eigenvalue weighted by Crippen LogP contribution is -2.56. The van der Waals surface area contributed by atoms with Crippen molar-refractivity contribution < 1.29 is 5.11 Å². The third-order valence-corrected chi connectivity index (χ3v) is 5.02. The molecule has 0 bridgehead atoms. The lowest BCUT2D eigenvalue weighted by molar-refractivity contribution is -0.0394. The molecular formula is C15H28N4O. The molecule has 1 unspecified atom stereocenters. The van der Waals surface area contributed by atoms with E-state index < -0.39 is 0 Å². The smallest absolute Gasteiger partial charge is 0.138 e. The fourth-order valence-electron chi connectivity index (χ4n) is 3.41. The minimum atomic E-state index is -0.389. The largest absolute Gasteiger partial charge is 0.391 e. The number of rotatable bonds is 5. The van der Waals surface area contributed by atoms with E-state index >= 15 is 0 Å². The Hall–Kier alpha value is -0.940. The molecule has 1 aromatic rings. The Morgan fingerprint density at radius 1 is 1.45 bits per heavy atom. The van der Waals surface area contributed by atoms with Gasteiger partial charge in [-0.3, -0.25) is 4.68 Å². The highest BCUT2D eigenvalue weighted by Gasteiger charge is 2.42. The maximum atomic E-state index is 10.9. The summed E-state index contributed by atoms with van der Waals surface area (Å²) in [6.45, 7) is 5.16. The summed E-state index contributed by atoms with van der Waals surface area (Å²) in [4.78, 5) is 6.52. The standard InChI is InChI=1S/C15H28N4O/c1-5-19-14(16-11-17-19)10-13(20)15(18(3)4)8-6-12(2)7-9-15/h11-13,20H,5-10H2,1-4H3. The number of likely N-dealkylation sites (N-methyl/N-ethyl adjacent to an activating group) is 1. The first-order valence-electron chi connectivity index (χ1n) is 7.71. The molecule has 1 aliphatic rings. The van der Waals surface area contributed by atoms with Gasteiger partial charge >= 0.3 is 0 Å². The number of aliphatic hydroxyl groups is 1. The van der Waals surface area contributed by atoms with Crippen LogP contribution in [0.25, 0.3) is 0 Å². The van der Waals surface area contributed by atoms with Crippen molar-refractivity contribution in [3.05, 3.63) is 12.2 Å². The summed E-state index contributed by atoms with van der Waals surface area (Å²) in [6, 6.07) is 0. The van der Waals surface area contributed by atoms with E-state index in [1.165, 1.54) is 12.8 Å². The first kappa shape index (κ1) is 15.4. The Morgan fingerprint density at radius 2 is 2.10 bits per heavy atom. The first-order chi connectivity index (χ1) is 9.49. The summed E-state index contributed by atoms with van der Waals surface area (Å²) >= 11 is 0. The maximum Gasteiger partial charge on any atom is 0.138 e. The van der Waals surface area contributed by atoms with Gasteiger partial charge in [0, 0.05) is 18.5 Å². The van der Waals surface area contributed by atoms with Gasteiger partial charge in [0.25, 0.3) is 0 Å². The zero-order valence-corrected chi connectivity index (χ0v) is 13.2. The highest BCUT2D eigenvalue weighted by atomic mass is 16.3.